The summed E-state index contributed by atoms with van der Waals surface area (Å²) in [5, 5.41) is 6.68. The molecule has 82 valence electrons. The van der Waals surface area contributed by atoms with Gasteiger partial charge in [-0.15, -0.1) is 5.10 Å². The fourth-order valence-corrected chi connectivity index (χ4v) is 2.68. The lowest BCUT2D eigenvalue weighted by Crippen LogP contribution is -2.12. The number of hydrogen-bond donors (Lipinski definition) is 2. The maximum absolute atomic E-state index is 5.81. The highest BCUT2D eigenvalue weighted by Gasteiger charge is 2.24. The Morgan fingerprint density at radius 1 is 1.31 bits per heavy atom. The monoisotopic (exact) mass is 232 g/mol. The first-order valence-corrected chi connectivity index (χ1v) is 5.65. The third-order valence-electron chi connectivity index (χ3n) is 3.13. The lowest BCUT2D eigenvalue weighted by Gasteiger charge is -2.11. The molecule has 1 aliphatic carbocycles. The molecule has 1 aliphatic rings. The maximum atomic E-state index is 5.81. The largest absolute Gasteiger partial charge is 0.368 e. The average molecular weight is 232 g/mol. The molecular formula is C11H12N4S. The van der Waals surface area contributed by atoms with Crippen LogP contribution in [0.5, 0.6) is 0 Å². The molecule has 0 saturated heterocycles. The molecule has 0 aliphatic heterocycles. The molecule has 3 rings (SSSR count). The molecule has 0 fully saturated rings. The molecule has 0 amide bonds. The van der Waals surface area contributed by atoms with E-state index in [1.54, 1.807) is 0 Å². The highest BCUT2D eigenvalue weighted by Crippen LogP contribution is 2.31. The number of rotatable bonds is 1. The van der Waals surface area contributed by atoms with Crippen LogP contribution < -0.4 is 5.73 Å². The van der Waals surface area contributed by atoms with Crippen LogP contribution in [0.2, 0.25) is 0 Å². The Labute approximate surface area is 98.1 Å². The zero-order valence-electron chi connectivity index (χ0n) is 8.68. The molecule has 4 nitrogen and oxygen atoms in total. The van der Waals surface area contributed by atoms with Crippen LogP contribution in [0.4, 0.5) is 5.95 Å². The van der Waals surface area contributed by atoms with Crippen molar-refractivity contribution in [2.75, 3.05) is 5.73 Å². The van der Waals surface area contributed by atoms with Gasteiger partial charge in [0.15, 0.2) is 4.77 Å². The number of nitrogens with two attached hydrogens (primary N) is 1. The third-order valence-corrected chi connectivity index (χ3v) is 3.41. The fraction of sp³-hybridized carbons (Fsp3) is 0.273. The maximum Gasteiger partial charge on any atom is 0.220 e. The van der Waals surface area contributed by atoms with Crippen LogP contribution in [-0.4, -0.2) is 14.8 Å². The van der Waals surface area contributed by atoms with Gasteiger partial charge >= 0.3 is 0 Å². The first-order valence-electron chi connectivity index (χ1n) is 5.25. The van der Waals surface area contributed by atoms with Crippen LogP contribution in [-0.2, 0) is 12.8 Å². The summed E-state index contributed by atoms with van der Waals surface area (Å²) in [6, 6.07) is 8.77. The summed E-state index contributed by atoms with van der Waals surface area (Å²) in [7, 11) is 0. The summed E-state index contributed by atoms with van der Waals surface area (Å²) in [5.74, 6) is 0.475. The topological polar surface area (TPSA) is 59.6 Å². The normalized spacial score (nSPS) is 15.2. The van der Waals surface area contributed by atoms with E-state index in [2.05, 4.69) is 34.5 Å². The van der Waals surface area contributed by atoms with Crippen molar-refractivity contribution in [2.24, 2.45) is 0 Å². The van der Waals surface area contributed by atoms with Crippen molar-refractivity contribution >= 4 is 18.2 Å². The predicted molar refractivity (Wildman–Crippen MR) is 64.7 cm³/mol. The lowest BCUT2D eigenvalue weighted by molar-refractivity contribution is 0.528. The Balaban J connectivity index is 2.00. The number of hydrogen-bond acceptors (Lipinski definition) is 3. The quantitative estimate of drug-likeness (QED) is 0.738. The summed E-state index contributed by atoms with van der Waals surface area (Å²) in [6.45, 7) is 0. The number of nitrogens with one attached hydrogen (secondary N) is 1. The van der Waals surface area contributed by atoms with E-state index in [9.17, 15) is 0 Å². The summed E-state index contributed by atoms with van der Waals surface area (Å²) < 4.78 is 2.52. The molecular weight excluding hydrogens is 220 g/mol. The van der Waals surface area contributed by atoms with Gasteiger partial charge in [0.25, 0.3) is 0 Å². The van der Waals surface area contributed by atoms with E-state index < -0.39 is 0 Å². The minimum atomic E-state index is 0.309. The van der Waals surface area contributed by atoms with Crippen LogP contribution >= 0.6 is 12.2 Å². The third kappa shape index (κ3) is 1.36. The zero-order chi connectivity index (χ0) is 11.1. The van der Waals surface area contributed by atoms with Gasteiger partial charge in [0.2, 0.25) is 5.95 Å². The van der Waals surface area contributed by atoms with E-state index in [-0.39, 0.29) is 0 Å². The van der Waals surface area contributed by atoms with E-state index >= 15 is 0 Å². The fourth-order valence-electron chi connectivity index (χ4n) is 2.39. The molecule has 0 bridgehead atoms. The van der Waals surface area contributed by atoms with Gasteiger partial charge in [0.05, 0.1) is 0 Å². The number of nitrogens with zero attached hydrogens (tertiary/aromatic N) is 2. The van der Waals surface area contributed by atoms with Gasteiger partial charge in [-0.05, 0) is 36.2 Å². The van der Waals surface area contributed by atoms with Crippen molar-refractivity contribution in [3.63, 3.8) is 0 Å². The van der Waals surface area contributed by atoms with E-state index in [1.165, 1.54) is 11.1 Å². The minimum absolute atomic E-state index is 0.309. The first kappa shape index (κ1) is 9.59. The highest BCUT2D eigenvalue weighted by atomic mass is 32.1. The average Bonchev–Trinajstić information content (AvgIpc) is 2.82. The molecule has 0 spiro atoms. The molecule has 0 saturated carbocycles. The molecule has 16 heavy (non-hydrogen) atoms. The van der Waals surface area contributed by atoms with Gasteiger partial charge in [-0.1, -0.05) is 24.3 Å². The number of nitrogen functional groups attached to an aromatic ring is 1. The van der Waals surface area contributed by atoms with Gasteiger partial charge in [0, 0.05) is 6.04 Å². The highest BCUT2D eigenvalue weighted by molar-refractivity contribution is 7.71. The van der Waals surface area contributed by atoms with E-state index in [0.29, 0.717) is 16.8 Å². The molecule has 1 aromatic heterocycles. The second kappa shape index (κ2) is 3.45. The van der Waals surface area contributed by atoms with Crippen molar-refractivity contribution < 1.29 is 0 Å². The molecule has 1 heterocycles. The van der Waals surface area contributed by atoms with Gasteiger partial charge < -0.3 is 5.73 Å². The van der Waals surface area contributed by atoms with Crippen LogP contribution in [0.1, 0.15) is 17.2 Å². The van der Waals surface area contributed by atoms with Gasteiger partial charge in [-0.2, -0.15) is 0 Å². The van der Waals surface area contributed by atoms with Crippen LogP contribution in [0.25, 0.3) is 0 Å². The molecule has 3 N–H and O–H groups in total. The van der Waals surface area contributed by atoms with Crippen molar-refractivity contribution in [1.82, 2.24) is 14.8 Å². The molecule has 0 radical (unpaired) electrons. The predicted octanol–water partition coefficient (Wildman–Crippen LogP) is 1.86. The standard InChI is InChI=1S/C11H12N4S/c12-10-13-14-11(16)15(10)9-5-7-3-1-2-4-8(7)6-9/h1-4,9H,5-6H2,(H2,12,13)(H,14,16). The number of aromatic amines is 1. The smallest absolute Gasteiger partial charge is 0.220 e. The molecule has 2 aromatic rings. The molecule has 5 heteroatoms. The summed E-state index contributed by atoms with van der Waals surface area (Å²) in [4.78, 5) is 0. The van der Waals surface area contributed by atoms with Gasteiger partial charge in [0.1, 0.15) is 0 Å². The Bertz CT molecular complexity index is 559. The number of anilines is 1. The Morgan fingerprint density at radius 2 is 1.94 bits per heavy atom. The zero-order valence-corrected chi connectivity index (χ0v) is 9.50. The van der Waals surface area contributed by atoms with Crippen LogP contribution in [0.3, 0.4) is 0 Å². The van der Waals surface area contributed by atoms with Gasteiger partial charge in [-0.3, -0.25) is 4.57 Å². The number of benzene rings is 1. The summed E-state index contributed by atoms with van der Waals surface area (Å²) >= 11 is 5.19. The first-order chi connectivity index (χ1) is 7.75. The van der Waals surface area contributed by atoms with Crippen LogP contribution in [0.15, 0.2) is 24.3 Å². The van der Waals surface area contributed by atoms with E-state index in [4.69, 9.17) is 18.0 Å². The van der Waals surface area contributed by atoms with Crippen molar-refractivity contribution in [2.45, 2.75) is 18.9 Å². The number of fused-ring (bicyclic) bond motifs is 1. The van der Waals surface area contributed by atoms with Crippen molar-refractivity contribution in [3.05, 3.63) is 40.2 Å². The van der Waals surface area contributed by atoms with Crippen molar-refractivity contribution in [3.8, 4) is 0 Å². The molecule has 0 unspecified atom stereocenters. The van der Waals surface area contributed by atoms with Crippen molar-refractivity contribution in [1.29, 1.82) is 0 Å². The Morgan fingerprint density at radius 3 is 2.44 bits per heavy atom. The van der Waals surface area contributed by atoms with Crippen LogP contribution in [0, 0.1) is 4.77 Å². The SMILES string of the molecule is Nc1n[nH]c(=S)n1C1Cc2ccccc2C1. The summed E-state index contributed by atoms with van der Waals surface area (Å²) in [5.41, 5.74) is 8.58. The Kier molecular flexibility index (Phi) is 2.07. The second-order valence-electron chi connectivity index (χ2n) is 4.09. The molecule has 1 aromatic carbocycles. The van der Waals surface area contributed by atoms with Gasteiger partial charge in [-0.25, -0.2) is 5.10 Å². The van der Waals surface area contributed by atoms with E-state index in [1.807, 2.05) is 4.57 Å². The Hall–Kier alpha value is -1.62. The number of H-pyrrole nitrogens is 1. The summed E-state index contributed by atoms with van der Waals surface area (Å²) in [6.07, 6.45) is 1.96. The second-order valence-corrected chi connectivity index (χ2v) is 4.47. The number of aromatic nitrogens is 3. The van der Waals surface area contributed by atoms with E-state index in [0.717, 1.165) is 12.8 Å². The lowest BCUT2D eigenvalue weighted by atomic mass is 10.1. The minimum Gasteiger partial charge on any atom is -0.368 e. The molecule has 0 atom stereocenters.